The van der Waals surface area contributed by atoms with E-state index in [1.165, 1.54) is 65.6 Å². The molecule has 0 bridgehead atoms. The lowest BCUT2D eigenvalue weighted by molar-refractivity contribution is -0.395. The van der Waals surface area contributed by atoms with E-state index in [0.717, 1.165) is 31.7 Å². The lowest BCUT2D eigenvalue weighted by atomic mass is 9.76. The van der Waals surface area contributed by atoms with Crippen LogP contribution in [0.5, 0.6) is 5.75 Å². The number of nitro groups is 2. The van der Waals surface area contributed by atoms with Gasteiger partial charge in [0.05, 0.1) is 53.3 Å². The van der Waals surface area contributed by atoms with Crippen LogP contribution in [-0.4, -0.2) is 42.1 Å². The second kappa shape index (κ2) is 19.6. The maximum Gasteiger partial charge on any atom is 0.336 e. The van der Waals surface area contributed by atoms with Gasteiger partial charge in [-0.05, 0) is 40.5 Å². The number of unbranched alkanes of at least 4 members (excludes halogenated alkanes) is 12. The topological polar surface area (TPSA) is 160 Å². The fraction of sp³-hybridized carbons (Fsp3) is 0.657. The highest BCUT2D eigenvalue weighted by atomic mass is 16.6. The van der Waals surface area contributed by atoms with Gasteiger partial charge < -0.3 is 19.5 Å². The molecule has 1 heterocycles. The average Bonchev–Trinajstić information content (AvgIpc) is 3.01. The highest BCUT2D eigenvalue weighted by Crippen LogP contribution is 2.50. The van der Waals surface area contributed by atoms with Crippen molar-refractivity contribution >= 4 is 23.3 Å². The largest absolute Gasteiger partial charge is 0.484 e. The fourth-order valence-electron chi connectivity index (χ4n) is 6.28. The van der Waals surface area contributed by atoms with E-state index < -0.39 is 45.2 Å². The lowest BCUT2D eigenvalue weighted by Gasteiger charge is -2.32. The maximum absolute atomic E-state index is 13.3. The molecule has 0 unspecified atom stereocenters. The van der Waals surface area contributed by atoms with Crippen molar-refractivity contribution in [3.8, 4) is 5.75 Å². The van der Waals surface area contributed by atoms with Crippen molar-refractivity contribution in [2.75, 3.05) is 14.2 Å². The van der Waals surface area contributed by atoms with Gasteiger partial charge in [-0.3, -0.25) is 20.2 Å². The fourth-order valence-corrected chi connectivity index (χ4v) is 6.28. The van der Waals surface area contributed by atoms with E-state index in [1.807, 2.05) is 0 Å². The molecule has 1 aromatic rings. The Hall–Kier alpha value is -3.96. The molecule has 0 saturated heterocycles. The van der Waals surface area contributed by atoms with Crippen LogP contribution in [0.1, 0.15) is 135 Å². The van der Waals surface area contributed by atoms with Gasteiger partial charge in [-0.15, -0.1) is 0 Å². The Bertz CT molecular complexity index is 1300. The Morgan fingerprint density at radius 2 is 1.19 bits per heavy atom. The summed E-state index contributed by atoms with van der Waals surface area (Å²) in [5.74, 6) is -3.12. The summed E-state index contributed by atoms with van der Waals surface area (Å²) in [6.07, 6.45) is 14.2. The molecule has 1 aliphatic heterocycles. The molecular formula is C35H53N3O9. The number of carbonyl (C=O) groups excluding carboxylic acids is 2. The molecule has 0 aliphatic carbocycles. The molecule has 1 aromatic carbocycles. The van der Waals surface area contributed by atoms with Gasteiger partial charge >= 0.3 is 17.6 Å². The first kappa shape index (κ1) is 39.2. The van der Waals surface area contributed by atoms with E-state index in [0.29, 0.717) is 17.8 Å². The van der Waals surface area contributed by atoms with Gasteiger partial charge in [0.1, 0.15) is 0 Å². The second-order valence-electron chi connectivity index (χ2n) is 12.4. The van der Waals surface area contributed by atoms with Crippen molar-refractivity contribution in [2.24, 2.45) is 0 Å². The molecule has 1 aliphatic rings. The quantitative estimate of drug-likeness (QED) is 0.0586. The highest BCUT2D eigenvalue weighted by molar-refractivity contribution is 6.00. The minimum absolute atomic E-state index is 0.0199. The monoisotopic (exact) mass is 659 g/mol. The first-order valence-corrected chi connectivity index (χ1v) is 16.9. The number of hydrogen-bond donors (Lipinski definition) is 1. The van der Waals surface area contributed by atoms with Crippen LogP contribution in [0.4, 0.5) is 11.4 Å². The van der Waals surface area contributed by atoms with E-state index in [9.17, 15) is 29.8 Å². The average molecular weight is 660 g/mol. The zero-order valence-electron chi connectivity index (χ0n) is 29.2. The Balaban J connectivity index is 2.53. The van der Waals surface area contributed by atoms with Crippen LogP contribution in [0.2, 0.25) is 0 Å². The molecule has 12 nitrogen and oxygen atoms in total. The maximum atomic E-state index is 13.3. The Morgan fingerprint density at radius 1 is 0.766 bits per heavy atom. The third-order valence-corrected chi connectivity index (χ3v) is 8.52. The number of dihydropyridines is 1. The number of nitro benzene ring substituents is 2. The predicted molar refractivity (Wildman–Crippen MR) is 180 cm³/mol. The number of carbonyl (C=O) groups is 2. The summed E-state index contributed by atoms with van der Waals surface area (Å²) in [5.41, 5.74) is -0.260. The molecule has 1 N–H and O–H groups in total. The Kier molecular flexibility index (Phi) is 16.4. The highest BCUT2D eigenvalue weighted by Gasteiger charge is 2.44. The number of hydrogen-bond acceptors (Lipinski definition) is 10. The molecule has 0 radical (unpaired) electrons. The smallest absolute Gasteiger partial charge is 0.336 e. The van der Waals surface area contributed by atoms with Crippen molar-refractivity contribution in [1.82, 2.24) is 5.32 Å². The molecule has 0 fully saturated rings. The van der Waals surface area contributed by atoms with Gasteiger partial charge in [-0.2, -0.15) is 0 Å². The van der Waals surface area contributed by atoms with Crippen molar-refractivity contribution in [2.45, 2.75) is 137 Å². The van der Waals surface area contributed by atoms with Crippen LogP contribution in [-0.2, 0) is 25.5 Å². The number of methoxy groups -OCH3 is 2. The molecule has 262 valence electrons. The van der Waals surface area contributed by atoms with E-state index in [4.69, 9.17) is 14.2 Å². The molecule has 0 amide bonds. The number of allylic oxidation sites excluding steroid dienone is 2. The van der Waals surface area contributed by atoms with E-state index >= 15 is 0 Å². The van der Waals surface area contributed by atoms with Gasteiger partial charge in [0.2, 0.25) is 5.75 Å². The van der Waals surface area contributed by atoms with Crippen LogP contribution in [0.25, 0.3) is 0 Å². The SMILES string of the molecule is CCCCCCCCCCCCCCCc1c([N+](=O)[O-])cc([N+](=O)[O-])c(OC(C)C)c1C1C(C(=O)OC)=C(C)NC(C)=C1C(=O)OC. The van der Waals surface area contributed by atoms with Gasteiger partial charge in [0, 0.05) is 22.5 Å². The van der Waals surface area contributed by atoms with Gasteiger partial charge in [-0.1, -0.05) is 84.0 Å². The first-order valence-electron chi connectivity index (χ1n) is 16.9. The minimum atomic E-state index is -1.29. The van der Waals surface area contributed by atoms with E-state index in [2.05, 4.69) is 12.2 Å². The number of ether oxygens (including phenoxy) is 3. The van der Waals surface area contributed by atoms with Gasteiger partial charge in [0.15, 0.2) is 0 Å². The molecule has 0 saturated carbocycles. The molecule has 2 rings (SSSR count). The summed E-state index contributed by atoms with van der Waals surface area (Å²) < 4.78 is 16.2. The van der Waals surface area contributed by atoms with Crippen LogP contribution >= 0.6 is 0 Å². The zero-order chi connectivity index (χ0) is 35.1. The molecule has 12 heteroatoms. The third-order valence-electron chi connectivity index (χ3n) is 8.52. The predicted octanol–water partition coefficient (Wildman–Crippen LogP) is 8.50. The minimum Gasteiger partial charge on any atom is -0.484 e. The summed E-state index contributed by atoms with van der Waals surface area (Å²) in [5, 5.41) is 27.9. The number of rotatable bonds is 21. The third kappa shape index (κ3) is 10.8. The molecule has 47 heavy (non-hydrogen) atoms. The van der Waals surface area contributed by atoms with Crippen LogP contribution in [0.15, 0.2) is 28.6 Å². The first-order chi connectivity index (χ1) is 22.4. The summed E-state index contributed by atoms with van der Waals surface area (Å²) in [6.45, 7) is 8.79. The normalized spacial score (nSPS) is 13.5. The van der Waals surface area contributed by atoms with Crippen LogP contribution in [0.3, 0.4) is 0 Å². The van der Waals surface area contributed by atoms with Crippen molar-refractivity contribution in [3.63, 3.8) is 0 Å². The van der Waals surface area contributed by atoms with Crippen molar-refractivity contribution < 1.29 is 33.6 Å². The number of nitrogens with one attached hydrogen (secondary N) is 1. The Morgan fingerprint density at radius 3 is 1.57 bits per heavy atom. The summed E-state index contributed by atoms with van der Waals surface area (Å²) in [7, 11) is 2.36. The molecule has 0 atom stereocenters. The Labute approximate surface area is 278 Å². The number of benzene rings is 1. The zero-order valence-corrected chi connectivity index (χ0v) is 29.2. The summed E-state index contributed by atoms with van der Waals surface area (Å²) in [6, 6.07) is 0.919. The van der Waals surface area contributed by atoms with E-state index in [-0.39, 0.29) is 34.4 Å². The summed E-state index contributed by atoms with van der Waals surface area (Å²) >= 11 is 0. The summed E-state index contributed by atoms with van der Waals surface area (Å²) in [4.78, 5) is 50.0. The van der Waals surface area contributed by atoms with Crippen molar-refractivity contribution in [3.05, 3.63) is 60.0 Å². The van der Waals surface area contributed by atoms with Gasteiger partial charge in [-0.25, -0.2) is 9.59 Å². The standard InChI is InChI=1S/C35H53N3O9/c1-8-9-10-11-12-13-14-15-16-17-18-19-20-21-26-27(37(41)42)22-28(38(43)44)33(47-23(2)3)31(26)32-29(34(39)45-6)24(4)36-25(5)30(32)35(40)46-7/h22-23,32,36H,8-21H2,1-7H3. The van der Waals surface area contributed by atoms with Gasteiger partial charge in [0.25, 0.3) is 5.69 Å². The second-order valence-corrected chi connectivity index (χ2v) is 12.4. The van der Waals surface area contributed by atoms with Crippen molar-refractivity contribution in [1.29, 1.82) is 0 Å². The molecule has 0 aromatic heterocycles. The van der Waals surface area contributed by atoms with Crippen LogP contribution in [0, 0.1) is 20.2 Å². The number of esters is 2. The van der Waals surface area contributed by atoms with Crippen LogP contribution < -0.4 is 10.1 Å². The number of nitrogens with zero attached hydrogens (tertiary/aromatic N) is 2. The lowest BCUT2D eigenvalue weighted by Crippen LogP contribution is -2.33. The molecular weight excluding hydrogens is 606 g/mol. The van der Waals surface area contributed by atoms with E-state index in [1.54, 1.807) is 27.7 Å². The molecule has 0 spiro atoms.